The van der Waals surface area contributed by atoms with Crippen LogP contribution in [0.4, 0.5) is 5.69 Å². The van der Waals surface area contributed by atoms with Gasteiger partial charge < -0.3 is 14.7 Å². The van der Waals surface area contributed by atoms with Crippen molar-refractivity contribution < 1.29 is 9.84 Å². The molecule has 1 heterocycles. The Morgan fingerprint density at radius 3 is 2.50 bits per heavy atom. The van der Waals surface area contributed by atoms with E-state index in [1.807, 2.05) is 37.3 Å². The van der Waals surface area contributed by atoms with Crippen molar-refractivity contribution in [3.63, 3.8) is 0 Å². The number of aryl methyl sites for hydroxylation is 1. The van der Waals surface area contributed by atoms with Gasteiger partial charge in [0, 0.05) is 47.9 Å². The Labute approximate surface area is 191 Å². The second-order valence-corrected chi connectivity index (χ2v) is 9.16. The molecule has 3 aromatic carbocycles. The summed E-state index contributed by atoms with van der Waals surface area (Å²) in [5.41, 5.74) is 2.26. The van der Waals surface area contributed by atoms with E-state index in [9.17, 15) is 5.11 Å². The molecule has 0 aromatic heterocycles. The molecule has 0 radical (unpaired) electrons. The van der Waals surface area contributed by atoms with Gasteiger partial charge in [0.1, 0.15) is 18.5 Å². The molecule has 158 valence electrons. The fourth-order valence-electron chi connectivity index (χ4n) is 3.79. The molecule has 0 aliphatic carbocycles. The van der Waals surface area contributed by atoms with Crippen LogP contribution in [0.2, 0.25) is 5.02 Å². The topological polar surface area (TPSA) is 35.9 Å². The van der Waals surface area contributed by atoms with E-state index >= 15 is 0 Å². The van der Waals surface area contributed by atoms with E-state index in [0.717, 1.165) is 63.4 Å². The molecule has 4 rings (SSSR count). The number of fused-ring (bicyclic) bond motifs is 1. The quantitative estimate of drug-likeness (QED) is 0.521. The highest BCUT2D eigenvalue weighted by molar-refractivity contribution is 9.10. The summed E-state index contributed by atoms with van der Waals surface area (Å²) in [4.78, 5) is 4.64. The molecule has 6 heteroatoms. The Hall–Kier alpha value is -1.79. The van der Waals surface area contributed by atoms with Crippen LogP contribution in [0.3, 0.4) is 0 Å². The minimum Gasteiger partial charge on any atom is -0.491 e. The van der Waals surface area contributed by atoms with Crippen molar-refractivity contribution in [2.75, 3.05) is 44.2 Å². The van der Waals surface area contributed by atoms with Gasteiger partial charge in [0.2, 0.25) is 0 Å². The molecule has 1 N–H and O–H groups in total. The van der Waals surface area contributed by atoms with Crippen molar-refractivity contribution in [1.29, 1.82) is 0 Å². The van der Waals surface area contributed by atoms with Gasteiger partial charge in [0.25, 0.3) is 0 Å². The third-order valence-electron chi connectivity index (χ3n) is 5.58. The number of ether oxygens (including phenoxy) is 1. The number of aliphatic hydroxyl groups is 1. The van der Waals surface area contributed by atoms with E-state index in [1.54, 1.807) is 0 Å². The van der Waals surface area contributed by atoms with Crippen LogP contribution in [0.25, 0.3) is 10.8 Å². The number of rotatable bonds is 6. The smallest absolute Gasteiger partial charge is 0.120 e. The van der Waals surface area contributed by atoms with Crippen molar-refractivity contribution in [2.45, 2.75) is 13.0 Å². The number of benzene rings is 3. The summed E-state index contributed by atoms with van der Waals surface area (Å²) in [6.45, 7) is 6.59. The monoisotopic (exact) mass is 488 g/mol. The normalized spacial score (nSPS) is 16.1. The van der Waals surface area contributed by atoms with Gasteiger partial charge in [-0.25, -0.2) is 0 Å². The lowest BCUT2D eigenvalue weighted by atomic mass is 10.1. The second kappa shape index (κ2) is 9.56. The third-order valence-corrected chi connectivity index (χ3v) is 6.48. The highest BCUT2D eigenvalue weighted by atomic mass is 79.9. The lowest BCUT2D eigenvalue weighted by Crippen LogP contribution is -2.49. The molecular weight excluding hydrogens is 464 g/mol. The first kappa shape index (κ1) is 21.4. The van der Waals surface area contributed by atoms with E-state index < -0.39 is 6.10 Å². The number of hydrogen-bond acceptors (Lipinski definition) is 4. The number of piperazine rings is 1. The highest BCUT2D eigenvalue weighted by Gasteiger charge is 2.20. The number of hydrogen-bond donors (Lipinski definition) is 1. The summed E-state index contributed by atoms with van der Waals surface area (Å²) < 4.78 is 6.91. The zero-order chi connectivity index (χ0) is 21.1. The van der Waals surface area contributed by atoms with Crippen LogP contribution in [0.1, 0.15) is 5.56 Å². The van der Waals surface area contributed by atoms with E-state index in [2.05, 4.69) is 50.0 Å². The number of β-amino-alcohol motifs (C(OH)–C–C–N with tert-alkyl or cyclic N) is 1. The zero-order valence-corrected chi connectivity index (χ0v) is 19.4. The van der Waals surface area contributed by atoms with Gasteiger partial charge in [0.05, 0.1) is 0 Å². The maximum atomic E-state index is 10.5. The summed E-state index contributed by atoms with van der Waals surface area (Å²) in [5, 5.41) is 13.5. The maximum Gasteiger partial charge on any atom is 0.120 e. The van der Waals surface area contributed by atoms with Crippen LogP contribution < -0.4 is 9.64 Å². The molecule has 0 bridgehead atoms. The third kappa shape index (κ3) is 5.27. The SMILES string of the molecule is Cc1ccc(N2CCN(C[C@H](O)COc3ccc4cc(Br)ccc4c3)CC2)cc1Cl. The molecule has 1 aliphatic heterocycles. The molecule has 0 unspecified atom stereocenters. The van der Waals surface area contributed by atoms with Crippen molar-refractivity contribution in [1.82, 2.24) is 4.90 Å². The molecule has 1 saturated heterocycles. The number of aliphatic hydroxyl groups excluding tert-OH is 1. The predicted octanol–water partition coefficient (Wildman–Crippen LogP) is 5.13. The van der Waals surface area contributed by atoms with E-state index in [1.165, 1.54) is 0 Å². The van der Waals surface area contributed by atoms with Crippen molar-refractivity contribution in [3.05, 3.63) is 69.7 Å². The molecule has 0 amide bonds. The van der Waals surface area contributed by atoms with Crippen LogP contribution in [-0.2, 0) is 0 Å². The van der Waals surface area contributed by atoms with Crippen molar-refractivity contribution >= 4 is 44.0 Å². The second-order valence-electron chi connectivity index (χ2n) is 7.84. The van der Waals surface area contributed by atoms with E-state index in [-0.39, 0.29) is 6.61 Å². The van der Waals surface area contributed by atoms with E-state index in [0.29, 0.717) is 6.54 Å². The summed E-state index contributed by atoms with van der Waals surface area (Å²) in [7, 11) is 0. The minimum atomic E-state index is -0.522. The lowest BCUT2D eigenvalue weighted by molar-refractivity contribution is 0.0663. The van der Waals surface area contributed by atoms with Crippen molar-refractivity contribution in [3.8, 4) is 5.75 Å². The Kier molecular flexibility index (Phi) is 6.84. The van der Waals surface area contributed by atoms with Gasteiger partial charge in [-0.1, -0.05) is 45.7 Å². The first-order valence-electron chi connectivity index (χ1n) is 10.2. The standard InChI is InChI=1S/C24H26BrClN2O2/c1-17-2-6-21(14-24(17)26)28-10-8-27(9-11-28)15-22(29)16-30-23-7-4-18-12-20(25)5-3-19(18)13-23/h2-7,12-14,22,29H,8-11,15-16H2,1H3/t22-/m0/s1. The molecule has 1 aliphatic rings. The summed E-state index contributed by atoms with van der Waals surface area (Å²) >= 11 is 9.76. The molecule has 1 fully saturated rings. The maximum absolute atomic E-state index is 10.5. The van der Waals surface area contributed by atoms with E-state index in [4.69, 9.17) is 16.3 Å². The summed E-state index contributed by atoms with van der Waals surface area (Å²) in [6.07, 6.45) is -0.522. The number of anilines is 1. The van der Waals surface area contributed by atoms with Gasteiger partial charge in [-0.3, -0.25) is 4.90 Å². The van der Waals surface area contributed by atoms with Crippen LogP contribution >= 0.6 is 27.5 Å². The fraction of sp³-hybridized carbons (Fsp3) is 0.333. The highest BCUT2D eigenvalue weighted by Crippen LogP contribution is 2.25. The molecular formula is C24H26BrClN2O2. The average Bonchev–Trinajstić information content (AvgIpc) is 2.75. The van der Waals surface area contributed by atoms with Crippen LogP contribution in [0.15, 0.2) is 59.1 Å². The predicted molar refractivity (Wildman–Crippen MR) is 128 cm³/mol. The first-order valence-corrected chi connectivity index (χ1v) is 11.4. The Morgan fingerprint density at radius 2 is 1.73 bits per heavy atom. The fourth-order valence-corrected chi connectivity index (χ4v) is 4.35. The minimum absolute atomic E-state index is 0.288. The Bertz CT molecular complexity index is 1020. The Morgan fingerprint density at radius 1 is 1.00 bits per heavy atom. The largest absolute Gasteiger partial charge is 0.491 e. The van der Waals surface area contributed by atoms with Gasteiger partial charge in [-0.2, -0.15) is 0 Å². The summed E-state index contributed by atoms with van der Waals surface area (Å²) in [5.74, 6) is 0.782. The van der Waals surface area contributed by atoms with Gasteiger partial charge in [0.15, 0.2) is 0 Å². The number of nitrogens with zero attached hydrogens (tertiary/aromatic N) is 2. The number of halogens is 2. The Balaban J connectivity index is 1.25. The molecule has 4 nitrogen and oxygen atoms in total. The molecule has 3 aromatic rings. The van der Waals surface area contributed by atoms with Gasteiger partial charge in [-0.15, -0.1) is 0 Å². The lowest BCUT2D eigenvalue weighted by Gasteiger charge is -2.37. The van der Waals surface area contributed by atoms with Gasteiger partial charge in [-0.05, 0) is 59.7 Å². The van der Waals surface area contributed by atoms with Crippen LogP contribution in [0, 0.1) is 6.92 Å². The zero-order valence-electron chi connectivity index (χ0n) is 17.0. The van der Waals surface area contributed by atoms with Crippen LogP contribution in [-0.4, -0.2) is 55.4 Å². The summed E-state index contributed by atoms with van der Waals surface area (Å²) in [6, 6.07) is 18.4. The first-order chi connectivity index (χ1) is 14.5. The molecule has 0 spiro atoms. The van der Waals surface area contributed by atoms with Crippen molar-refractivity contribution in [2.24, 2.45) is 0 Å². The van der Waals surface area contributed by atoms with Crippen LogP contribution in [0.5, 0.6) is 5.75 Å². The van der Waals surface area contributed by atoms with Gasteiger partial charge >= 0.3 is 0 Å². The average molecular weight is 490 g/mol. The molecule has 30 heavy (non-hydrogen) atoms. The molecule has 1 atom stereocenters. The molecule has 0 saturated carbocycles.